The van der Waals surface area contributed by atoms with Gasteiger partial charge < -0.3 is 14.5 Å². The van der Waals surface area contributed by atoms with E-state index >= 15 is 0 Å². The quantitative estimate of drug-likeness (QED) is 0.152. The SMILES string of the molecule is CC(C)(C)c1ccnc(-n2c3ccccc3c3ccc(Oc4cc(-c5ccccc5)cc(N5CN(c6c(-c7ccccc7)cccc6-c6cc(F)cc(F)c6)c6ccccc65)c4)cc32)c1. The molecule has 11 rings (SSSR count). The van der Waals surface area contributed by atoms with E-state index in [2.05, 4.69) is 144 Å². The summed E-state index contributed by atoms with van der Waals surface area (Å²) in [6.07, 6.45) is 1.90. The molecule has 0 aliphatic carbocycles. The molecule has 0 saturated carbocycles. The van der Waals surface area contributed by atoms with E-state index in [0.717, 1.165) is 84.3 Å². The van der Waals surface area contributed by atoms with Gasteiger partial charge in [-0.2, -0.15) is 0 Å². The Balaban J connectivity index is 1.05. The highest BCUT2D eigenvalue weighted by Gasteiger charge is 2.32. The van der Waals surface area contributed by atoms with Crippen LogP contribution >= 0.6 is 0 Å². The van der Waals surface area contributed by atoms with Gasteiger partial charge in [0.15, 0.2) is 0 Å². The number of hydrogen-bond acceptors (Lipinski definition) is 4. The normalized spacial score (nSPS) is 12.6. The fraction of sp³-hybridized carbons (Fsp3) is 0.0862. The summed E-state index contributed by atoms with van der Waals surface area (Å²) in [7, 11) is 0. The molecule has 3 heterocycles. The fourth-order valence-electron chi connectivity index (χ4n) is 9.25. The Kier molecular flexibility index (Phi) is 9.76. The van der Waals surface area contributed by atoms with E-state index in [1.807, 2.05) is 72.9 Å². The molecule has 0 unspecified atom stereocenters. The second-order valence-corrected chi connectivity index (χ2v) is 17.6. The summed E-state index contributed by atoms with van der Waals surface area (Å²) in [5.74, 6) is 0.962. The number of ether oxygens (including phenoxy) is 1. The standard InChI is InChI=1S/C58H44F2N4O/c1-58(2,3)42-27-28-61-56(33-42)64-52-22-11-10-19-50(52)51-26-25-46(36-55(51)64)65-47-32-40(38-15-6-4-7-16-38)31-45(35-47)62-37-63(54-24-13-12-23-53(54)62)57-48(39-17-8-5-9-18-39)20-14-21-49(57)41-29-43(59)34-44(60)30-41/h4-36H,37H2,1-3H3. The van der Waals surface area contributed by atoms with Gasteiger partial charge in [0.05, 0.1) is 28.1 Å². The number of rotatable bonds is 8. The van der Waals surface area contributed by atoms with Crippen LogP contribution < -0.4 is 14.5 Å². The molecule has 0 amide bonds. The van der Waals surface area contributed by atoms with Gasteiger partial charge in [-0.1, -0.05) is 130 Å². The minimum absolute atomic E-state index is 0.0482. The summed E-state index contributed by atoms with van der Waals surface area (Å²) in [6.45, 7) is 7.07. The second-order valence-electron chi connectivity index (χ2n) is 17.6. The monoisotopic (exact) mass is 850 g/mol. The van der Waals surface area contributed by atoms with Crippen LogP contribution in [0.2, 0.25) is 0 Å². The van der Waals surface area contributed by atoms with Crippen LogP contribution in [0.1, 0.15) is 26.3 Å². The largest absolute Gasteiger partial charge is 0.457 e. The lowest BCUT2D eigenvalue weighted by Gasteiger charge is -2.27. The molecule has 0 bridgehead atoms. The van der Waals surface area contributed by atoms with E-state index in [9.17, 15) is 8.78 Å². The number of nitrogens with zero attached hydrogens (tertiary/aromatic N) is 4. The van der Waals surface area contributed by atoms with Crippen LogP contribution in [0.4, 0.5) is 31.5 Å². The minimum atomic E-state index is -0.628. The van der Waals surface area contributed by atoms with Crippen molar-refractivity contribution < 1.29 is 13.5 Å². The Morgan fingerprint density at radius 1 is 0.492 bits per heavy atom. The van der Waals surface area contributed by atoms with Crippen molar-refractivity contribution in [1.29, 1.82) is 0 Å². The average Bonchev–Trinajstić information content (AvgIpc) is 3.87. The maximum absolute atomic E-state index is 14.9. The van der Waals surface area contributed by atoms with Gasteiger partial charge in [0, 0.05) is 52.0 Å². The van der Waals surface area contributed by atoms with E-state index in [1.165, 1.54) is 17.7 Å². The average molecular weight is 851 g/mol. The lowest BCUT2D eigenvalue weighted by atomic mass is 9.88. The molecule has 65 heavy (non-hydrogen) atoms. The molecule has 0 N–H and O–H groups in total. The van der Waals surface area contributed by atoms with Crippen LogP contribution in [0.3, 0.4) is 0 Å². The van der Waals surface area contributed by atoms with E-state index < -0.39 is 11.6 Å². The highest BCUT2D eigenvalue weighted by atomic mass is 19.1. The van der Waals surface area contributed by atoms with Gasteiger partial charge >= 0.3 is 0 Å². The zero-order valence-electron chi connectivity index (χ0n) is 36.2. The predicted octanol–water partition coefficient (Wildman–Crippen LogP) is 15.8. The molecule has 0 saturated heterocycles. The van der Waals surface area contributed by atoms with Gasteiger partial charge in [-0.05, 0) is 100.0 Å². The van der Waals surface area contributed by atoms with Gasteiger partial charge in [-0.15, -0.1) is 0 Å². The summed E-state index contributed by atoms with van der Waals surface area (Å²) in [5, 5.41) is 2.25. The molecule has 5 nitrogen and oxygen atoms in total. The molecule has 7 heteroatoms. The molecule has 0 spiro atoms. The highest BCUT2D eigenvalue weighted by molar-refractivity contribution is 6.09. The molecule has 1 aliphatic heterocycles. The fourth-order valence-corrected chi connectivity index (χ4v) is 9.25. The van der Waals surface area contributed by atoms with Crippen molar-refractivity contribution in [2.24, 2.45) is 0 Å². The molecular formula is C58H44F2N4O. The molecule has 0 fully saturated rings. The smallest absolute Gasteiger partial charge is 0.137 e. The lowest BCUT2D eigenvalue weighted by Crippen LogP contribution is -2.25. The topological polar surface area (TPSA) is 33.5 Å². The zero-order valence-corrected chi connectivity index (χ0v) is 36.2. The summed E-state index contributed by atoms with van der Waals surface area (Å²) < 4.78 is 39.1. The van der Waals surface area contributed by atoms with Crippen molar-refractivity contribution in [3.8, 4) is 50.7 Å². The number of fused-ring (bicyclic) bond motifs is 4. The molecule has 316 valence electrons. The Morgan fingerprint density at radius 3 is 1.88 bits per heavy atom. The van der Waals surface area contributed by atoms with Crippen LogP contribution in [0.25, 0.3) is 61.0 Å². The maximum atomic E-state index is 14.9. The van der Waals surface area contributed by atoms with Gasteiger partial charge in [0.25, 0.3) is 0 Å². The number of halogens is 2. The Labute approximate surface area is 377 Å². The highest BCUT2D eigenvalue weighted by Crippen LogP contribution is 2.51. The number of pyridine rings is 1. The first-order valence-electron chi connectivity index (χ1n) is 21.8. The first-order valence-corrected chi connectivity index (χ1v) is 21.8. The summed E-state index contributed by atoms with van der Waals surface area (Å²) in [5.41, 5.74) is 12.1. The summed E-state index contributed by atoms with van der Waals surface area (Å²) >= 11 is 0. The number of para-hydroxylation sites is 4. The number of anilines is 4. The van der Waals surface area contributed by atoms with Crippen molar-refractivity contribution in [3.63, 3.8) is 0 Å². The maximum Gasteiger partial charge on any atom is 0.137 e. The second kappa shape index (κ2) is 16.0. The van der Waals surface area contributed by atoms with Crippen molar-refractivity contribution in [1.82, 2.24) is 9.55 Å². The van der Waals surface area contributed by atoms with E-state index in [4.69, 9.17) is 9.72 Å². The number of aromatic nitrogens is 2. The van der Waals surface area contributed by atoms with Crippen molar-refractivity contribution in [2.45, 2.75) is 26.2 Å². The molecule has 8 aromatic carbocycles. The van der Waals surface area contributed by atoms with Gasteiger partial charge in [-0.25, -0.2) is 13.8 Å². The Hall–Kier alpha value is -8.03. The molecule has 0 atom stereocenters. The Morgan fingerprint density at radius 2 is 1.14 bits per heavy atom. The van der Waals surface area contributed by atoms with Crippen molar-refractivity contribution >= 4 is 44.6 Å². The van der Waals surface area contributed by atoms with Crippen LogP contribution in [-0.2, 0) is 5.41 Å². The minimum Gasteiger partial charge on any atom is -0.457 e. The third-order valence-corrected chi connectivity index (χ3v) is 12.3. The van der Waals surface area contributed by atoms with Gasteiger partial charge in [0.1, 0.15) is 35.6 Å². The molecule has 2 aromatic heterocycles. The molecule has 10 aromatic rings. The predicted molar refractivity (Wildman–Crippen MR) is 262 cm³/mol. The lowest BCUT2D eigenvalue weighted by molar-refractivity contribution is 0.483. The van der Waals surface area contributed by atoms with E-state index in [0.29, 0.717) is 23.7 Å². The van der Waals surface area contributed by atoms with Gasteiger partial charge in [-0.3, -0.25) is 4.57 Å². The van der Waals surface area contributed by atoms with Crippen molar-refractivity contribution in [2.75, 3.05) is 16.5 Å². The number of hydrogen-bond donors (Lipinski definition) is 0. The Bertz CT molecular complexity index is 3390. The summed E-state index contributed by atoms with van der Waals surface area (Å²) in [4.78, 5) is 9.42. The molecule has 1 aliphatic rings. The zero-order chi connectivity index (χ0) is 44.2. The first-order chi connectivity index (χ1) is 31.7. The molecular weight excluding hydrogens is 807 g/mol. The first kappa shape index (κ1) is 39.8. The van der Waals surface area contributed by atoms with Crippen LogP contribution in [0.15, 0.2) is 200 Å². The van der Waals surface area contributed by atoms with E-state index in [-0.39, 0.29) is 5.41 Å². The van der Waals surface area contributed by atoms with Crippen molar-refractivity contribution in [3.05, 3.63) is 218 Å². The van der Waals surface area contributed by atoms with Crippen LogP contribution in [0, 0.1) is 11.6 Å². The molecule has 0 radical (unpaired) electrons. The van der Waals surface area contributed by atoms with Gasteiger partial charge in [0.2, 0.25) is 0 Å². The number of benzene rings is 8. The third kappa shape index (κ3) is 7.35. The van der Waals surface area contributed by atoms with Crippen LogP contribution in [-0.4, -0.2) is 16.2 Å². The third-order valence-electron chi connectivity index (χ3n) is 12.3. The summed E-state index contributed by atoms with van der Waals surface area (Å²) in [6, 6.07) is 63.8. The van der Waals surface area contributed by atoms with Crippen LogP contribution in [0.5, 0.6) is 11.5 Å². The van der Waals surface area contributed by atoms with E-state index in [1.54, 1.807) is 0 Å².